The van der Waals surface area contributed by atoms with Crippen molar-refractivity contribution in [3.8, 4) is 0 Å². The van der Waals surface area contributed by atoms with Crippen LogP contribution in [0.25, 0.3) is 0 Å². The molecule has 1 aliphatic rings. The Kier molecular flexibility index (Phi) is 4.75. The molecule has 1 fully saturated rings. The molecule has 1 aromatic heterocycles. The van der Waals surface area contributed by atoms with Gasteiger partial charge in [-0.25, -0.2) is 13.4 Å². The molecule has 0 radical (unpaired) electrons. The summed E-state index contributed by atoms with van der Waals surface area (Å²) in [6.45, 7) is 5.91. The van der Waals surface area contributed by atoms with Gasteiger partial charge in [-0.05, 0) is 13.8 Å². The third-order valence-electron chi connectivity index (χ3n) is 3.43. The highest BCUT2D eigenvalue weighted by Gasteiger charge is 2.31. The van der Waals surface area contributed by atoms with Gasteiger partial charge in [0.15, 0.2) is 4.21 Å². The molecule has 1 aliphatic heterocycles. The highest BCUT2D eigenvalue weighted by molar-refractivity contribution is 7.91. The van der Waals surface area contributed by atoms with Gasteiger partial charge < -0.3 is 5.73 Å². The van der Waals surface area contributed by atoms with Gasteiger partial charge in [-0.2, -0.15) is 4.31 Å². The maximum absolute atomic E-state index is 12.4. The fourth-order valence-corrected chi connectivity index (χ4v) is 4.93. The van der Waals surface area contributed by atoms with Gasteiger partial charge in [-0.3, -0.25) is 4.90 Å². The Labute approximate surface area is 128 Å². The molecule has 1 unspecified atom stereocenters. The highest BCUT2D eigenvalue weighted by Crippen LogP contribution is 2.23. The van der Waals surface area contributed by atoms with Gasteiger partial charge in [0.2, 0.25) is 0 Å². The Hall–Kier alpha value is -0.610. The molecule has 0 aromatic carbocycles. The van der Waals surface area contributed by atoms with E-state index in [-0.39, 0.29) is 6.04 Å². The number of sulfonamides is 1. The Morgan fingerprint density at radius 3 is 2.50 bits per heavy atom. The van der Waals surface area contributed by atoms with Gasteiger partial charge in [0.25, 0.3) is 10.0 Å². The Balaban J connectivity index is 2.05. The lowest BCUT2D eigenvalue weighted by molar-refractivity contribution is 0.175. The van der Waals surface area contributed by atoms with Gasteiger partial charge in [-0.15, -0.1) is 11.3 Å². The molecule has 1 atom stereocenters. The van der Waals surface area contributed by atoms with Crippen LogP contribution in [0.3, 0.4) is 0 Å². The third kappa shape index (κ3) is 3.17. The first-order chi connectivity index (χ1) is 9.32. The topological polar surface area (TPSA) is 79.5 Å². The van der Waals surface area contributed by atoms with Crippen LogP contribution in [-0.4, -0.2) is 59.8 Å². The zero-order chi connectivity index (χ0) is 14.9. The summed E-state index contributed by atoms with van der Waals surface area (Å²) >= 11 is 6.18. The van der Waals surface area contributed by atoms with Crippen molar-refractivity contribution in [3.63, 3.8) is 0 Å². The number of nitrogens with two attached hydrogens (primary N) is 1. The van der Waals surface area contributed by atoms with Crippen LogP contribution in [-0.2, 0) is 10.0 Å². The Morgan fingerprint density at radius 2 is 2.05 bits per heavy atom. The number of thiazole rings is 1. The molecule has 0 amide bonds. The van der Waals surface area contributed by atoms with Crippen LogP contribution in [0.2, 0.25) is 0 Å². The summed E-state index contributed by atoms with van der Waals surface area (Å²) < 4.78 is 26.7. The predicted molar refractivity (Wildman–Crippen MR) is 83.4 cm³/mol. The van der Waals surface area contributed by atoms with Crippen molar-refractivity contribution in [2.45, 2.75) is 24.1 Å². The van der Waals surface area contributed by atoms with Crippen molar-refractivity contribution in [3.05, 3.63) is 11.2 Å². The maximum atomic E-state index is 12.4. The molecule has 0 spiro atoms. The van der Waals surface area contributed by atoms with Crippen LogP contribution in [0.15, 0.2) is 10.4 Å². The van der Waals surface area contributed by atoms with Crippen LogP contribution >= 0.6 is 23.6 Å². The van der Waals surface area contributed by atoms with Gasteiger partial charge in [0.05, 0.1) is 22.2 Å². The van der Waals surface area contributed by atoms with Gasteiger partial charge >= 0.3 is 0 Å². The van der Waals surface area contributed by atoms with E-state index in [4.69, 9.17) is 18.0 Å². The van der Waals surface area contributed by atoms with E-state index in [1.54, 1.807) is 6.92 Å². The second-order valence-electron chi connectivity index (χ2n) is 4.72. The molecular weight excluding hydrogens is 316 g/mol. The third-order valence-corrected chi connectivity index (χ3v) is 7.02. The van der Waals surface area contributed by atoms with E-state index in [1.165, 1.54) is 21.8 Å². The van der Waals surface area contributed by atoms with E-state index in [2.05, 4.69) is 9.88 Å². The zero-order valence-electron chi connectivity index (χ0n) is 11.4. The van der Waals surface area contributed by atoms with Crippen LogP contribution in [0.4, 0.5) is 0 Å². The van der Waals surface area contributed by atoms with E-state index in [0.717, 1.165) is 5.01 Å². The number of aryl methyl sites for hydroxylation is 1. The normalized spacial score (nSPS) is 19.9. The van der Waals surface area contributed by atoms with Crippen LogP contribution in [0.1, 0.15) is 11.9 Å². The number of hydrogen-bond acceptors (Lipinski definition) is 6. The minimum Gasteiger partial charge on any atom is -0.392 e. The van der Waals surface area contributed by atoms with Crippen molar-refractivity contribution in [1.82, 2.24) is 14.2 Å². The van der Waals surface area contributed by atoms with Crippen LogP contribution in [0, 0.1) is 6.92 Å². The number of thiocarbonyl (C=S) groups is 1. The molecular formula is C11H18N4O2S3. The van der Waals surface area contributed by atoms with E-state index >= 15 is 0 Å². The first kappa shape index (κ1) is 15.8. The van der Waals surface area contributed by atoms with Gasteiger partial charge in [0, 0.05) is 26.2 Å². The van der Waals surface area contributed by atoms with Gasteiger partial charge in [0.1, 0.15) is 0 Å². The summed E-state index contributed by atoms with van der Waals surface area (Å²) in [4.78, 5) is 6.56. The van der Waals surface area contributed by atoms with Crippen molar-refractivity contribution in [1.29, 1.82) is 0 Å². The fourth-order valence-electron chi connectivity index (χ4n) is 2.10. The molecule has 2 heterocycles. The predicted octanol–water partition coefficient (Wildman–Crippen LogP) is 0.432. The molecule has 2 rings (SSSR count). The Morgan fingerprint density at radius 1 is 1.45 bits per heavy atom. The second-order valence-corrected chi connectivity index (χ2v) is 8.59. The molecule has 1 saturated heterocycles. The first-order valence-electron chi connectivity index (χ1n) is 6.28. The van der Waals surface area contributed by atoms with Crippen LogP contribution < -0.4 is 5.73 Å². The summed E-state index contributed by atoms with van der Waals surface area (Å²) in [7, 11) is -3.41. The number of aromatic nitrogens is 1. The number of rotatable bonds is 4. The highest BCUT2D eigenvalue weighted by atomic mass is 32.2. The quantitative estimate of drug-likeness (QED) is 0.805. The number of nitrogens with zero attached hydrogens (tertiary/aromatic N) is 3. The molecule has 6 nitrogen and oxygen atoms in total. The maximum Gasteiger partial charge on any atom is 0.254 e. The smallest absolute Gasteiger partial charge is 0.254 e. The van der Waals surface area contributed by atoms with Gasteiger partial charge in [-0.1, -0.05) is 12.2 Å². The lowest BCUT2D eigenvalue weighted by atomic mass is 10.2. The standard InChI is InChI=1S/C11H18N4O2S3/c1-8(11(12)18)14-3-5-15(6-4-14)20(16,17)10-7-13-9(2)19-10/h7-8H,3-6H2,1-2H3,(H2,12,18). The van der Waals surface area contributed by atoms with Crippen molar-refractivity contribution in [2.24, 2.45) is 5.73 Å². The average Bonchev–Trinajstić information content (AvgIpc) is 2.85. The van der Waals surface area contributed by atoms with E-state index in [1.807, 2.05) is 6.92 Å². The molecule has 112 valence electrons. The van der Waals surface area contributed by atoms with Crippen molar-refractivity contribution in [2.75, 3.05) is 26.2 Å². The van der Waals surface area contributed by atoms with E-state index < -0.39 is 10.0 Å². The first-order valence-corrected chi connectivity index (χ1v) is 8.95. The van der Waals surface area contributed by atoms with Crippen molar-refractivity contribution < 1.29 is 8.42 Å². The van der Waals surface area contributed by atoms with E-state index in [9.17, 15) is 8.42 Å². The minimum atomic E-state index is -3.41. The largest absolute Gasteiger partial charge is 0.392 e. The second kappa shape index (κ2) is 6.02. The summed E-state index contributed by atoms with van der Waals surface area (Å²) in [5.41, 5.74) is 5.63. The monoisotopic (exact) mass is 334 g/mol. The summed E-state index contributed by atoms with van der Waals surface area (Å²) in [5.74, 6) is 0. The summed E-state index contributed by atoms with van der Waals surface area (Å²) in [5, 5.41) is 0.754. The molecule has 2 N–H and O–H groups in total. The molecule has 0 saturated carbocycles. The number of hydrogen-bond donors (Lipinski definition) is 1. The number of piperazine rings is 1. The van der Waals surface area contributed by atoms with E-state index in [0.29, 0.717) is 35.4 Å². The summed E-state index contributed by atoms with van der Waals surface area (Å²) in [6, 6.07) is 0.000466. The lowest BCUT2D eigenvalue weighted by Gasteiger charge is -2.36. The molecule has 9 heteroatoms. The molecule has 0 aliphatic carbocycles. The SMILES string of the molecule is Cc1ncc(S(=O)(=O)N2CCN(C(C)C(N)=S)CC2)s1. The Bertz CT molecular complexity index is 591. The minimum absolute atomic E-state index is 0.000466. The molecule has 20 heavy (non-hydrogen) atoms. The van der Waals surface area contributed by atoms with Crippen LogP contribution in [0.5, 0.6) is 0 Å². The zero-order valence-corrected chi connectivity index (χ0v) is 13.9. The fraction of sp³-hybridized carbons (Fsp3) is 0.636. The summed E-state index contributed by atoms with van der Waals surface area (Å²) in [6.07, 6.45) is 1.43. The van der Waals surface area contributed by atoms with Crippen molar-refractivity contribution >= 4 is 38.6 Å². The lowest BCUT2D eigenvalue weighted by Crippen LogP contribution is -2.53. The molecule has 0 bridgehead atoms. The molecule has 1 aromatic rings. The average molecular weight is 334 g/mol.